The molecule has 18 heavy (non-hydrogen) atoms. The van der Waals surface area contributed by atoms with Crippen LogP contribution in [0.15, 0.2) is 53.9 Å². The topological polar surface area (TPSA) is 54.4 Å². The summed E-state index contributed by atoms with van der Waals surface area (Å²) in [6.45, 7) is 1.94. The van der Waals surface area contributed by atoms with E-state index < -0.39 is 0 Å². The Balaban J connectivity index is 1.99. The van der Waals surface area contributed by atoms with Crippen molar-refractivity contribution in [3.63, 3.8) is 0 Å². The number of pyridine rings is 1. The molecule has 0 aliphatic heterocycles. The van der Waals surface area contributed by atoms with Gasteiger partial charge in [-0.25, -0.2) is 5.43 Å². The minimum absolute atomic E-state index is 0.219. The number of aryl methyl sites for hydroxylation is 1. The van der Waals surface area contributed by atoms with Crippen molar-refractivity contribution in [2.75, 3.05) is 0 Å². The maximum Gasteiger partial charge on any atom is 0.271 e. The smallest absolute Gasteiger partial charge is 0.267 e. The fraction of sp³-hybridized carbons (Fsp3) is 0.0714. The van der Waals surface area contributed by atoms with Gasteiger partial charge in [-0.05, 0) is 36.8 Å². The number of carbonyl (C=O) groups excluding carboxylic acids is 1. The van der Waals surface area contributed by atoms with E-state index in [1.807, 2.05) is 37.3 Å². The molecular formula is C14H13N3O. The van der Waals surface area contributed by atoms with E-state index in [0.29, 0.717) is 5.56 Å². The largest absolute Gasteiger partial charge is 0.271 e. The number of hydrogen-bond acceptors (Lipinski definition) is 3. The molecule has 0 bridgehead atoms. The van der Waals surface area contributed by atoms with Crippen LogP contribution in [-0.4, -0.2) is 17.1 Å². The van der Waals surface area contributed by atoms with Crippen molar-refractivity contribution in [2.45, 2.75) is 6.92 Å². The molecule has 0 unspecified atom stereocenters. The van der Waals surface area contributed by atoms with Crippen molar-refractivity contribution in [1.29, 1.82) is 0 Å². The predicted octanol–water partition coefficient (Wildman–Crippen LogP) is 2.15. The molecule has 1 amide bonds. The minimum Gasteiger partial charge on any atom is -0.267 e. The maximum absolute atomic E-state index is 11.7. The summed E-state index contributed by atoms with van der Waals surface area (Å²) in [6, 6.07) is 11.0. The first-order valence-electron chi connectivity index (χ1n) is 5.56. The van der Waals surface area contributed by atoms with Gasteiger partial charge in [0.05, 0.1) is 6.21 Å². The Morgan fingerprint density at radius 3 is 2.78 bits per heavy atom. The van der Waals surface area contributed by atoms with Crippen LogP contribution in [0.2, 0.25) is 0 Å². The molecular weight excluding hydrogens is 226 g/mol. The van der Waals surface area contributed by atoms with Gasteiger partial charge in [0.15, 0.2) is 0 Å². The Labute approximate surface area is 105 Å². The first kappa shape index (κ1) is 12.0. The van der Waals surface area contributed by atoms with Gasteiger partial charge < -0.3 is 0 Å². The number of rotatable bonds is 3. The van der Waals surface area contributed by atoms with E-state index in [1.54, 1.807) is 24.7 Å². The molecule has 4 nitrogen and oxygen atoms in total. The van der Waals surface area contributed by atoms with Crippen LogP contribution < -0.4 is 5.43 Å². The van der Waals surface area contributed by atoms with Gasteiger partial charge in [-0.2, -0.15) is 5.10 Å². The number of nitrogens with zero attached hydrogens (tertiary/aromatic N) is 2. The number of hydrazone groups is 1. The van der Waals surface area contributed by atoms with E-state index in [0.717, 1.165) is 11.1 Å². The van der Waals surface area contributed by atoms with Crippen molar-refractivity contribution in [3.8, 4) is 0 Å². The lowest BCUT2D eigenvalue weighted by Gasteiger charge is -2.00. The standard InChI is InChI=1S/C14H13N3O/c1-11-3-2-4-13(9-11)14(18)17-16-10-12-5-7-15-8-6-12/h2-10H,1H3,(H,17,18)/b16-10-. The van der Waals surface area contributed by atoms with Gasteiger partial charge in [-0.15, -0.1) is 0 Å². The molecule has 0 saturated carbocycles. The molecule has 0 aliphatic rings. The molecule has 90 valence electrons. The van der Waals surface area contributed by atoms with E-state index in [9.17, 15) is 4.79 Å². The van der Waals surface area contributed by atoms with Gasteiger partial charge in [0.25, 0.3) is 5.91 Å². The average Bonchev–Trinajstić information content (AvgIpc) is 2.40. The molecule has 0 aliphatic carbocycles. The second kappa shape index (κ2) is 5.72. The first-order chi connectivity index (χ1) is 8.75. The number of carbonyl (C=O) groups is 1. The molecule has 2 rings (SSSR count). The van der Waals surface area contributed by atoms with Gasteiger partial charge in [0.2, 0.25) is 0 Å². The highest BCUT2D eigenvalue weighted by molar-refractivity contribution is 5.95. The van der Waals surface area contributed by atoms with Crippen molar-refractivity contribution < 1.29 is 4.79 Å². The normalized spacial score (nSPS) is 10.5. The lowest BCUT2D eigenvalue weighted by atomic mass is 10.1. The van der Waals surface area contributed by atoms with Crippen molar-refractivity contribution in [1.82, 2.24) is 10.4 Å². The van der Waals surface area contributed by atoms with Crippen molar-refractivity contribution >= 4 is 12.1 Å². The van der Waals surface area contributed by atoms with E-state index in [-0.39, 0.29) is 5.91 Å². The molecule has 0 radical (unpaired) electrons. The van der Waals surface area contributed by atoms with Crippen LogP contribution in [0.25, 0.3) is 0 Å². The summed E-state index contributed by atoms with van der Waals surface area (Å²) in [4.78, 5) is 15.6. The second-order valence-corrected chi connectivity index (χ2v) is 3.85. The molecule has 4 heteroatoms. The van der Waals surface area contributed by atoms with Gasteiger partial charge in [0, 0.05) is 18.0 Å². The minimum atomic E-state index is -0.219. The summed E-state index contributed by atoms with van der Waals surface area (Å²) in [7, 11) is 0. The number of aromatic nitrogens is 1. The summed E-state index contributed by atoms with van der Waals surface area (Å²) >= 11 is 0. The third-order valence-electron chi connectivity index (χ3n) is 2.37. The van der Waals surface area contributed by atoms with E-state index in [2.05, 4.69) is 15.5 Å². The average molecular weight is 239 g/mol. The highest BCUT2D eigenvalue weighted by atomic mass is 16.2. The Hall–Kier alpha value is -2.49. The fourth-order valence-electron chi connectivity index (χ4n) is 1.47. The monoisotopic (exact) mass is 239 g/mol. The lowest BCUT2D eigenvalue weighted by Crippen LogP contribution is -2.17. The quantitative estimate of drug-likeness (QED) is 0.659. The van der Waals surface area contributed by atoms with Crippen LogP contribution in [0.3, 0.4) is 0 Å². The van der Waals surface area contributed by atoms with Crippen LogP contribution >= 0.6 is 0 Å². The molecule has 0 spiro atoms. The number of benzene rings is 1. The first-order valence-corrected chi connectivity index (χ1v) is 5.56. The zero-order valence-corrected chi connectivity index (χ0v) is 10.00. The Kier molecular flexibility index (Phi) is 3.81. The maximum atomic E-state index is 11.7. The third-order valence-corrected chi connectivity index (χ3v) is 2.37. The van der Waals surface area contributed by atoms with Crippen molar-refractivity contribution in [2.24, 2.45) is 5.10 Å². The van der Waals surface area contributed by atoms with Crippen LogP contribution in [0, 0.1) is 6.92 Å². The van der Waals surface area contributed by atoms with Crippen LogP contribution in [0.4, 0.5) is 0 Å². The van der Waals surface area contributed by atoms with E-state index in [1.165, 1.54) is 0 Å². The van der Waals surface area contributed by atoms with E-state index >= 15 is 0 Å². The number of amides is 1. The van der Waals surface area contributed by atoms with Gasteiger partial charge in [-0.3, -0.25) is 9.78 Å². The molecule has 2 aromatic rings. The molecule has 1 aromatic heterocycles. The zero-order chi connectivity index (χ0) is 12.8. The summed E-state index contributed by atoms with van der Waals surface area (Å²) in [5.74, 6) is -0.219. The Morgan fingerprint density at radius 2 is 2.06 bits per heavy atom. The molecule has 1 aromatic carbocycles. The molecule has 0 saturated heterocycles. The number of hydrogen-bond donors (Lipinski definition) is 1. The van der Waals surface area contributed by atoms with Crippen LogP contribution in [0.1, 0.15) is 21.5 Å². The highest BCUT2D eigenvalue weighted by Gasteiger charge is 2.02. The zero-order valence-electron chi connectivity index (χ0n) is 10.00. The van der Waals surface area contributed by atoms with Crippen LogP contribution in [-0.2, 0) is 0 Å². The number of nitrogens with one attached hydrogen (secondary N) is 1. The Morgan fingerprint density at radius 1 is 1.28 bits per heavy atom. The molecule has 1 heterocycles. The molecule has 0 fully saturated rings. The lowest BCUT2D eigenvalue weighted by molar-refractivity contribution is 0.0955. The molecule has 0 atom stereocenters. The summed E-state index contributed by atoms with van der Waals surface area (Å²) in [6.07, 6.45) is 4.92. The van der Waals surface area contributed by atoms with Gasteiger partial charge in [0.1, 0.15) is 0 Å². The van der Waals surface area contributed by atoms with Crippen molar-refractivity contribution in [3.05, 3.63) is 65.5 Å². The van der Waals surface area contributed by atoms with Gasteiger partial charge >= 0.3 is 0 Å². The summed E-state index contributed by atoms with van der Waals surface area (Å²) in [5, 5.41) is 3.90. The van der Waals surface area contributed by atoms with Crippen LogP contribution in [0.5, 0.6) is 0 Å². The molecule has 1 N–H and O–H groups in total. The van der Waals surface area contributed by atoms with Gasteiger partial charge in [-0.1, -0.05) is 17.7 Å². The predicted molar refractivity (Wildman–Crippen MR) is 70.5 cm³/mol. The Bertz CT molecular complexity index is 564. The summed E-state index contributed by atoms with van der Waals surface area (Å²) < 4.78 is 0. The summed E-state index contributed by atoms with van der Waals surface area (Å²) in [5.41, 5.74) is 5.01. The second-order valence-electron chi connectivity index (χ2n) is 3.85. The highest BCUT2D eigenvalue weighted by Crippen LogP contribution is 2.03. The SMILES string of the molecule is Cc1cccc(C(=O)N/N=C\c2ccncc2)c1. The third kappa shape index (κ3) is 3.25. The fourth-order valence-corrected chi connectivity index (χ4v) is 1.47. The van der Waals surface area contributed by atoms with E-state index in [4.69, 9.17) is 0 Å².